The Hall–Kier alpha value is -0.900. The first kappa shape index (κ1) is 14.1. The summed E-state index contributed by atoms with van der Waals surface area (Å²) >= 11 is 0. The predicted octanol–water partition coefficient (Wildman–Crippen LogP) is 1.81. The van der Waals surface area contributed by atoms with Crippen molar-refractivity contribution >= 4 is 0 Å². The summed E-state index contributed by atoms with van der Waals surface area (Å²) in [5, 5.41) is 13.2. The first-order valence-corrected chi connectivity index (χ1v) is 8.00. The summed E-state index contributed by atoms with van der Waals surface area (Å²) in [5.74, 6) is 0. The molecule has 2 fully saturated rings. The number of hydrogen-bond acceptors (Lipinski definition) is 3. The molecule has 0 spiro atoms. The fourth-order valence-electron chi connectivity index (χ4n) is 3.78. The Morgan fingerprint density at radius 2 is 1.90 bits per heavy atom. The first-order chi connectivity index (χ1) is 9.86. The summed E-state index contributed by atoms with van der Waals surface area (Å²) in [6.07, 6.45) is 6.43. The summed E-state index contributed by atoms with van der Waals surface area (Å²) in [5.41, 5.74) is 1.40. The van der Waals surface area contributed by atoms with E-state index in [0.29, 0.717) is 18.1 Å². The number of rotatable bonds is 4. The van der Waals surface area contributed by atoms with Gasteiger partial charge in [0.1, 0.15) is 0 Å². The van der Waals surface area contributed by atoms with Gasteiger partial charge < -0.3 is 10.4 Å². The molecule has 2 N–H and O–H groups in total. The van der Waals surface area contributed by atoms with Crippen LogP contribution in [0, 0.1) is 0 Å². The molecule has 2 aliphatic rings. The van der Waals surface area contributed by atoms with Gasteiger partial charge in [-0.1, -0.05) is 43.2 Å². The topological polar surface area (TPSA) is 35.5 Å². The summed E-state index contributed by atoms with van der Waals surface area (Å²) in [6, 6.07) is 12.2. The summed E-state index contributed by atoms with van der Waals surface area (Å²) in [7, 11) is 0. The Bertz CT molecular complexity index is 401. The predicted molar refractivity (Wildman–Crippen MR) is 81.8 cm³/mol. The van der Waals surface area contributed by atoms with Gasteiger partial charge in [-0.25, -0.2) is 0 Å². The number of hydrogen-bond donors (Lipinski definition) is 2. The van der Waals surface area contributed by atoms with Gasteiger partial charge >= 0.3 is 0 Å². The third-order valence-corrected chi connectivity index (χ3v) is 4.87. The highest BCUT2D eigenvalue weighted by Crippen LogP contribution is 2.26. The van der Waals surface area contributed by atoms with Crippen molar-refractivity contribution in [3.8, 4) is 0 Å². The molecule has 0 amide bonds. The van der Waals surface area contributed by atoms with Crippen molar-refractivity contribution in [1.82, 2.24) is 10.2 Å². The number of aliphatic hydroxyl groups excluding tert-OH is 1. The summed E-state index contributed by atoms with van der Waals surface area (Å²) in [6.45, 7) is 2.27. The molecule has 1 aromatic carbocycles. The van der Waals surface area contributed by atoms with Crippen molar-refractivity contribution < 1.29 is 5.11 Å². The van der Waals surface area contributed by atoms with Crippen LogP contribution in [0.4, 0.5) is 0 Å². The number of nitrogens with zero attached hydrogens (tertiary/aromatic N) is 1. The Morgan fingerprint density at radius 3 is 2.60 bits per heavy atom. The van der Waals surface area contributed by atoms with Gasteiger partial charge in [0.2, 0.25) is 0 Å². The molecule has 1 heterocycles. The average Bonchev–Trinajstić information content (AvgIpc) is 3.02. The number of benzene rings is 1. The van der Waals surface area contributed by atoms with Crippen LogP contribution in [0.15, 0.2) is 30.3 Å². The van der Waals surface area contributed by atoms with E-state index in [1.54, 1.807) is 0 Å². The largest absolute Gasteiger partial charge is 0.395 e. The van der Waals surface area contributed by atoms with Crippen LogP contribution in [-0.4, -0.2) is 47.8 Å². The van der Waals surface area contributed by atoms with Crippen LogP contribution in [0.5, 0.6) is 0 Å². The van der Waals surface area contributed by atoms with E-state index in [1.807, 2.05) is 0 Å². The summed E-state index contributed by atoms with van der Waals surface area (Å²) < 4.78 is 0. The Balaban J connectivity index is 1.63. The fraction of sp³-hybridized carbons (Fsp3) is 0.647. The maximum atomic E-state index is 9.62. The molecule has 3 heteroatoms. The second-order valence-corrected chi connectivity index (χ2v) is 6.27. The highest BCUT2D eigenvalue weighted by Gasteiger charge is 2.33. The first-order valence-electron chi connectivity index (χ1n) is 8.00. The zero-order valence-corrected chi connectivity index (χ0v) is 12.2. The monoisotopic (exact) mass is 274 g/mol. The quantitative estimate of drug-likeness (QED) is 0.879. The minimum Gasteiger partial charge on any atom is -0.395 e. The minimum absolute atomic E-state index is 0.279. The van der Waals surface area contributed by atoms with Gasteiger partial charge in [-0.15, -0.1) is 0 Å². The van der Waals surface area contributed by atoms with Gasteiger partial charge in [-0.05, 0) is 24.8 Å². The van der Waals surface area contributed by atoms with Crippen LogP contribution < -0.4 is 5.32 Å². The van der Waals surface area contributed by atoms with Crippen molar-refractivity contribution in [1.29, 1.82) is 0 Å². The van der Waals surface area contributed by atoms with Crippen LogP contribution in [0.2, 0.25) is 0 Å². The van der Waals surface area contributed by atoms with E-state index in [-0.39, 0.29) is 6.61 Å². The molecule has 1 aromatic rings. The molecule has 0 radical (unpaired) electrons. The second-order valence-electron chi connectivity index (χ2n) is 6.27. The standard InChI is InChI=1S/C17H26N2O/c20-13-17-11-18-15(10-14-6-2-1-3-7-14)12-19(17)16-8-4-5-9-16/h1-3,6-7,15-18,20H,4-5,8-13H2. The molecule has 1 saturated carbocycles. The Labute approximate surface area is 122 Å². The van der Waals surface area contributed by atoms with E-state index in [4.69, 9.17) is 0 Å². The smallest absolute Gasteiger partial charge is 0.0599 e. The zero-order valence-electron chi connectivity index (χ0n) is 12.2. The minimum atomic E-state index is 0.279. The number of piperazine rings is 1. The normalized spacial score (nSPS) is 28.9. The molecule has 3 nitrogen and oxygen atoms in total. The molecular weight excluding hydrogens is 248 g/mol. The lowest BCUT2D eigenvalue weighted by Crippen LogP contribution is -2.60. The SMILES string of the molecule is OCC1CNC(Cc2ccccc2)CN1C1CCCC1. The van der Waals surface area contributed by atoms with Gasteiger partial charge in [0.25, 0.3) is 0 Å². The van der Waals surface area contributed by atoms with Crippen LogP contribution in [0.1, 0.15) is 31.2 Å². The highest BCUT2D eigenvalue weighted by molar-refractivity contribution is 5.16. The van der Waals surface area contributed by atoms with Crippen LogP contribution in [0.25, 0.3) is 0 Å². The third kappa shape index (κ3) is 3.22. The van der Waals surface area contributed by atoms with Gasteiger partial charge in [0.15, 0.2) is 0 Å². The van der Waals surface area contributed by atoms with Crippen molar-refractivity contribution in [2.75, 3.05) is 19.7 Å². The number of nitrogens with one attached hydrogen (secondary N) is 1. The van der Waals surface area contributed by atoms with Crippen molar-refractivity contribution in [3.05, 3.63) is 35.9 Å². The third-order valence-electron chi connectivity index (χ3n) is 4.87. The zero-order chi connectivity index (χ0) is 13.8. The van der Waals surface area contributed by atoms with E-state index >= 15 is 0 Å². The van der Waals surface area contributed by atoms with Crippen LogP contribution in [-0.2, 0) is 6.42 Å². The molecule has 0 bridgehead atoms. The fourth-order valence-corrected chi connectivity index (χ4v) is 3.78. The lowest BCUT2D eigenvalue weighted by atomic mass is 9.99. The molecule has 0 aromatic heterocycles. The summed E-state index contributed by atoms with van der Waals surface area (Å²) in [4.78, 5) is 2.58. The average molecular weight is 274 g/mol. The maximum absolute atomic E-state index is 9.62. The maximum Gasteiger partial charge on any atom is 0.0599 e. The van der Waals surface area contributed by atoms with Crippen LogP contribution in [0.3, 0.4) is 0 Å². The van der Waals surface area contributed by atoms with Gasteiger partial charge in [-0.2, -0.15) is 0 Å². The molecule has 1 aliphatic heterocycles. The molecule has 3 rings (SSSR count). The molecule has 20 heavy (non-hydrogen) atoms. The van der Waals surface area contributed by atoms with E-state index in [0.717, 1.165) is 19.5 Å². The lowest BCUT2D eigenvalue weighted by Gasteiger charge is -2.43. The Kier molecular flexibility index (Phi) is 4.71. The van der Waals surface area contributed by atoms with Gasteiger partial charge in [0.05, 0.1) is 6.61 Å². The molecule has 1 aliphatic carbocycles. The van der Waals surface area contributed by atoms with Crippen molar-refractivity contribution in [2.24, 2.45) is 0 Å². The van der Waals surface area contributed by atoms with E-state index < -0.39 is 0 Å². The molecule has 110 valence electrons. The van der Waals surface area contributed by atoms with Crippen molar-refractivity contribution in [2.45, 2.75) is 50.2 Å². The lowest BCUT2D eigenvalue weighted by molar-refractivity contribution is 0.0467. The highest BCUT2D eigenvalue weighted by atomic mass is 16.3. The Morgan fingerprint density at radius 1 is 1.15 bits per heavy atom. The second kappa shape index (κ2) is 6.70. The molecule has 2 atom stereocenters. The van der Waals surface area contributed by atoms with Crippen molar-refractivity contribution in [3.63, 3.8) is 0 Å². The van der Waals surface area contributed by atoms with E-state index in [9.17, 15) is 5.11 Å². The molecule has 2 unspecified atom stereocenters. The molecule has 1 saturated heterocycles. The number of aliphatic hydroxyl groups is 1. The van der Waals surface area contributed by atoms with Gasteiger partial charge in [0, 0.05) is 31.2 Å². The van der Waals surface area contributed by atoms with E-state index in [2.05, 4.69) is 40.5 Å². The van der Waals surface area contributed by atoms with Gasteiger partial charge in [-0.3, -0.25) is 4.90 Å². The van der Waals surface area contributed by atoms with E-state index in [1.165, 1.54) is 31.2 Å². The van der Waals surface area contributed by atoms with Crippen LogP contribution >= 0.6 is 0 Å². The molecular formula is C17H26N2O.